The third-order valence-electron chi connectivity index (χ3n) is 4.49. The highest BCUT2D eigenvalue weighted by atomic mass is 35.5. The summed E-state index contributed by atoms with van der Waals surface area (Å²) in [6, 6.07) is 9.76. The molecule has 136 valence electrons. The highest BCUT2D eigenvalue weighted by molar-refractivity contribution is 7.90. The van der Waals surface area contributed by atoms with E-state index in [4.69, 9.17) is 27.9 Å². The summed E-state index contributed by atoms with van der Waals surface area (Å²) in [5.41, 5.74) is 1.58. The van der Waals surface area contributed by atoms with Crippen molar-refractivity contribution in [3.63, 3.8) is 0 Å². The van der Waals surface area contributed by atoms with Crippen LogP contribution in [0.15, 0.2) is 47.5 Å². The third-order valence-corrected chi connectivity index (χ3v) is 6.90. The number of likely N-dealkylation sites (N-methyl/N-ethyl adjacent to an activating group) is 1. The van der Waals surface area contributed by atoms with Crippen LogP contribution in [0.5, 0.6) is 5.75 Å². The zero-order valence-electron chi connectivity index (χ0n) is 13.9. The molecule has 0 spiro atoms. The Labute approximate surface area is 161 Å². The van der Waals surface area contributed by atoms with Crippen LogP contribution >= 0.6 is 23.2 Å². The second kappa shape index (κ2) is 6.46. The average molecular weight is 411 g/mol. The minimum atomic E-state index is -3.85. The average Bonchev–Trinajstić information content (AvgIpc) is 2.92. The maximum Gasteiger partial charge on any atom is 0.269 e. The molecule has 0 amide bonds. The molecular formula is C18H16Cl2N2O3S. The van der Waals surface area contributed by atoms with Gasteiger partial charge in [0.1, 0.15) is 17.3 Å². The molecule has 1 aromatic heterocycles. The quantitative estimate of drug-likeness (QED) is 0.640. The van der Waals surface area contributed by atoms with Gasteiger partial charge in [0, 0.05) is 35.3 Å². The first-order valence-electron chi connectivity index (χ1n) is 8.03. The highest BCUT2D eigenvalue weighted by Crippen LogP contribution is 2.34. The van der Waals surface area contributed by atoms with Crippen LogP contribution in [0.2, 0.25) is 10.0 Å². The SMILES string of the molecule is CN1CCOc2ccc3c(ccn3S(=O)(=O)c3ccc(Cl)cc3Cl)c2C1. The molecular weight excluding hydrogens is 395 g/mol. The number of hydrogen-bond acceptors (Lipinski definition) is 4. The lowest BCUT2D eigenvalue weighted by Crippen LogP contribution is -2.20. The Morgan fingerprint density at radius 3 is 2.69 bits per heavy atom. The Hall–Kier alpha value is -1.73. The van der Waals surface area contributed by atoms with Crippen LogP contribution in [-0.4, -0.2) is 37.5 Å². The molecule has 0 aliphatic carbocycles. The maximum absolute atomic E-state index is 13.1. The predicted octanol–water partition coefficient (Wildman–Crippen LogP) is 4.01. The molecule has 3 aromatic rings. The number of nitrogens with zero attached hydrogens (tertiary/aromatic N) is 2. The van der Waals surface area contributed by atoms with Crippen molar-refractivity contribution in [2.75, 3.05) is 20.2 Å². The molecule has 8 heteroatoms. The first-order chi connectivity index (χ1) is 12.4. The number of fused-ring (bicyclic) bond motifs is 3. The minimum absolute atomic E-state index is 0.0179. The van der Waals surface area contributed by atoms with Gasteiger partial charge in [-0.3, -0.25) is 4.90 Å². The van der Waals surface area contributed by atoms with Crippen molar-refractivity contribution in [2.24, 2.45) is 0 Å². The van der Waals surface area contributed by atoms with Crippen LogP contribution in [-0.2, 0) is 16.6 Å². The van der Waals surface area contributed by atoms with Gasteiger partial charge in [-0.2, -0.15) is 0 Å². The van der Waals surface area contributed by atoms with Crippen molar-refractivity contribution in [3.8, 4) is 5.75 Å². The van der Waals surface area contributed by atoms with Gasteiger partial charge in [-0.05, 0) is 43.4 Å². The summed E-state index contributed by atoms with van der Waals surface area (Å²) in [6.45, 7) is 2.11. The predicted molar refractivity (Wildman–Crippen MR) is 103 cm³/mol. The molecule has 0 atom stereocenters. The molecule has 0 saturated carbocycles. The maximum atomic E-state index is 13.1. The Morgan fingerprint density at radius 2 is 1.92 bits per heavy atom. The first kappa shape index (κ1) is 17.7. The van der Waals surface area contributed by atoms with Crippen molar-refractivity contribution in [2.45, 2.75) is 11.4 Å². The zero-order valence-corrected chi connectivity index (χ0v) is 16.3. The zero-order chi connectivity index (χ0) is 18.5. The molecule has 1 aliphatic heterocycles. The second-order valence-electron chi connectivity index (χ2n) is 6.25. The van der Waals surface area contributed by atoms with E-state index in [9.17, 15) is 8.42 Å². The van der Waals surface area contributed by atoms with Crippen LogP contribution in [0, 0.1) is 0 Å². The number of benzene rings is 2. The van der Waals surface area contributed by atoms with E-state index in [1.54, 1.807) is 18.3 Å². The monoisotopic (exact) mass is 410 g/mol. The summed E-state index contributed by atoms with van der Waals surface area (Å²) in [6.07, 6.45) is 1.55. The number of rotatable bonds is 2. The van der Waals surface area contributed by atoms with E-state index in [1.807, 2.05) is 13.1 Å². The molecule has 1 aliphatic rings. The Morgan fingerprint density at radius 1 is 1.12 bits per heavy atom. The first-order valence-corrected chi connectivity index (χ1v) is 10.2. The highest BCUT2D eigenvalue weighted by Gasteiger charge is 2.24. The van der Waals surface area contributed by atoms with E-state index in [0.29, 0.717) is 23.7 Å². The van der Waals surface area contributed by atoms with Gasteiger partial charge >= 0.3 is 0 Å². The van der Waals surface area contributed by atoms with E-state index < -0.39 is 10.0 Å². The third kappa shape index (κ3) is 2.87. The van der Waals surface area contributed by atoms with Crippen LogP contribution in [0.25, 0.3) is 10.9 Å². The van der Waals surface area contributed by atoms with Crippen molar-refractivity contribution >= 4 is 44.1 Å². The molecule has 4 rings (SSSR count). The van der Waals surface area contributed by atoms with E-state index in [2.05, 4.69) is 4.90 Å². The van der Waals surface area contributed by atoms with E-state index >= 15 is 0 Å². The van der Waals surface area contributed by atoms with Crippen LogP contribution in [0.3, 0.4) is 0 Å². The molecule has 26 heavy (non-hydrogen) atoms. The Bertz CT molecular complexity index is 1110. The molecule has 0 bridgehead atoms. The summed E-state index contributed by atoms with van der Waals surface area (Å²) >= 11 is 12.0. The lowest BCUT2D eigenvalue weighted by Gasteiger charge is -2.13. The van der Waals surface area contributed by atoms with Gasteiger partial charge in [0.2, 0.25) is 0 Å². The summed E-state index contributed by atoms with van der Waals surface area (Å²) in [5, 5.41) is 1.33. The fourth-order valence-corrected chi connectivity index (χ4v) is 5.29. The topological polar surface area (TPSA) is 51.5 Å². The van der Waals surface area contributed by atoms with Crippen LogP contribution < -0.4 is 4.74 Å². The summed E-state index contributed by atoms with van der Waals surface area (Å²) in [5.74, 6) is 0.793. The van der Waals surface area contributed by atoms with Crippen molar-refractivity contribution in [3.05, 3.63) is 58.2 Å². The van der Waals surface area contributed by atoms with Gasteiger partial charge in [0.15, 0.2) is 0 Å². The molecule has 0 fully saturated rings. The standard InChI is InChI=1S/C18H16Cl2N2O3S/c1-21-8-9-25-17-4-3-16-13(14(17)11-21)6-7-22(16)26(23,24)18-5-2-12(19)10-15(18)20/h2-7,10H,8-9,11H2,1H3. The van der Waals surface area contributed by atoms with E-state index in [0.717, 1.165) is 23.2 Å². The fourth-order valence-electron chi connectivity index (χ4n) is 3.19. The molecule has 2 aromatic carbocycles. The van der Waals surface area contributed by atoms with Crippen molar-refractivity contribution < 1.29 is 13.2 Å². The van der Waals surface area contributed by atoms with Gasteiger partial charge in [0.25, 0.3) is 10.0 Å². The minimum Gasteiger partial charge on any atom is -0.492 e. The van der Waals surface area contributed by atoms with Crippen LogP contribution in [0.1, 0.15) is 5.56 Å². The van der Waals surface area contributed by atoms with Crippen molar-refractivity contribution in [1.29, 1.82) is 0 Å². The Kier molecular flexibility index (Phi) is 4.39. The largest absolute Gasteiger partial charge is 0.492 e. The normalized spacial score (nSPS) is 15.5. The van der Waals surface area contributed by atoms with Gasteiger partial charge in [-0.1, -0.05) is 23.2 Å². The smallest absolute Gasteiger partial charge is 0.269 e. The lowest BCUT2D eigenvalue weighted by atomic mass is 10.1. The van der Waals surface area contributed by atoms with Crippen LogP contribution in [0.4, 0.5) is 0 Å². The second-order valence-corrected chi connectivity index (χ2v) is 8.88. The Balaban J connectivity index is 1.90. The molecule has 0 unspecified atom stereocenters. The number of ether oxygens (including phenoxy) is 1. The fraction of sp³-hybridized carbons (Fsp3) is 0.222. The van der Waals surface area contributed by atoms with E-state index in [-0.39, 0.29) is 9.92 Å². The summed E-state index contributed by atoms with van der Waals surface area (Å²) in [4.78, 5) is 2.16. The summed E-state index contributed by atoms with van der Waals surface area (Å²) < 4.78 is 33.3. The number of halogens is 2. The molecule has 0 N–H and O–H groups in total. The van der Waals surface area contributed by atoms with Gasteiger partial charge in [0.05, 0.1) is 10.5 Å². The molecule has 0 saturated heterocycles. The molecule has 2 heterocycles. The van der Waals surface area contributed by atoms with Crippen molar-refractivity contribution in [1.82, 2.24) is 8.87 Å². The van der Waals surface area contributed by atoms with E-state index in [1.165, 1.54) is 22.2 Å². The van der Waals surface area contributed by atoms with Gasteiger partial charge in [-0.15, -0.1) is 0 Å². The van der Waals surface area contributed by atoms with Gasteiger partial charge < -0.3 is 4.74 Å². The molecule has 5 nitrogen and oxygen atoms in total. The number of hydrogen-bond donors (Lipinski definition) is 0. The lowest BCUT2D eigenvalue weighted by molar-refractivity contribution is 0.259. The number of aromatic nitrogens is 1. The van der Waals surface area contributed by atoms with Gasteiger partial charge in [-0.25, -0.2) is 12.4 Å². The molecule has 0 radical (unpaired) electrons. The summed E-state index contributed by atoms with van der Waals surface area (Å²) in [7, 11) is -1.83.